The number of aliphatic hydroxyl groups is 1. The molecule has 7 nitrogen and oxygen atoms in total. The molecule has 112 valence electrons. The van der Waals surface area contributed by atoms with E-state index in [0.717, 1.165) is 5.56 Å². The van der Waals surface area contributed by atoms with Crippen LogP contribution in [-0.2, 0) is 13.2 Å². The lowest BCUT2D eigenvalue weighted by Gasteiger charge is -2.13. The molecule has 1 N–H and O–H groups in total. The lowest BCUT2D eigenvalue weighted by Crippen LogP contribution is -2.10. The average molecular weight is 290 g/mol. The number of rotatable bonds is 5. The number of aryl methyl sites for hydroxylation is 1. The highest BCUT2D eigenvalue weighted by Crippen LogP contribution is 2.27. The number of nitro groups is 1. The van der Waals surface area contributed by atoms with Crippen LogP contribution in [-0.4, -0.2) is 24.8 Å². The van der Waals surface area contributed by atoms with Crippen LogP contribution in [0.15, 0.2) is 18.2 Å². The third-order valence-electron chi connectivity index (χ3n) is 3.19. The molecule has 0 aliphatic rings. The third-order valence-corrected chi connectivity index (χ3v) is 3.19. The molecule has 0 aliphatic heterocycles. The summed E-state index contributed by atoms with van der Waals surface area (Å²) < 4.78 is 1.82. The molecule has 0 atom stereocenters. The van der Waals surface area contributed by atoms with Crippen LogP contribution in [0.4, 0.5) is 5.69 Å². The molecule has 0 radical (unpaired) electrons. The van der Waals surface area contributed by atoms with Gasteiger partial charge in [-0.05, 0) is 18.4 Å². The maximum atomic E-state index is 10.9. The van der Waals surface area contributed by atoms with Crippen LogP contribution in [0.1, 0.15) is 25.2 Å². The van der Waals surface area contributed by atoms with E-state index >= 15 is 0 Å². The summed E-state index contributed by atoms with van der Waals surface area (Å²) in [7, 11) is 0. The molecule has 2 aromatic rings. The zero-order chi connectivity index (χ0) is 15.6. The van der Waals surface area contributed by atoms with Gasteiger partial charge in [0.1, 0.15) is 6.61 Å². The molecule has 0 bridgehead atoms. The second-order valence-corrected chi connectivity index (χ2v) is 5.36. The van der Waals surface area contributed by atoms with Gasteiger partial charge in [0.25, 0.3) is 5.69 Å². The van der Waals surface area contributed by atoms with Crippen LogP contribution in [0.5, 0.6) is 0 Å². The maximum absolute atomic E-state index is 10.9. The molecule has 0 saturated carbocycles. The fourth-order valence-corrected chi connectivity index (χ4v) is 2.17. The van der Waals surface area contributed by atoms with Gasteiger partial charge in [-0.1, -0.05) is 19.9 Å². The molecule has 0 saturated heterocycles. The van der Waals surface area contributed by atoms with E-state index in [9.17, 15) is 15.2 Å². The Bertz CT molecular complexity index is 664. The van der Waals surface area contributed by atoms with Gasteiger partial charge in [-0.25, -0.2) is 0 Å². The number of non-ortho nitro benzene ring substituents is 1. The summed E-state index contributed by atoms with van der Waals surface area (Å²) in [6.07, 6.45) is 0. The maximum Gasteiger partial charge on any atom is 0.270 e. The van der Waals surface area contributed by atoms with Gasteiger partial charge in [-0.2, -0.15) is 0 Å². The minimum absolute atomic E-state index is 0.0141. The fourth-order valence-electron chi connectivity index (χ4n) is 2.17. The van der Waals surface area contributed by atoms with Crippen molar-refractivity contribution in [1.82, 2.24) is 14.8 Å². The number of nitro benzene ring substituents is 1. The molecule has 1 aromatic carbocycles. The number of nitrogens with zero attached hydrogens (tertiary/aromatic N) is 4. The van der Waals surface area contributed by atoms with E-state index in [4.69, 9.17) is 0 Å². The van der Waals surface area contributed by atoms with Gasteiger partial charge in [0, 0.05) is 24.2 Å². The Labute approximate surface area is 122 Å². The molecule has 1 aromatic heterocycles. The van der Waals surface area contributed by atoms with Crippen molar-refractivity contribution in [3.05, 3.63) is 39.7 Å². The number of aliphatic hydroxyl groups excluding tert-OH is 1. The number of benzene rings is 1. The van der Waals surface area contributed by atoms with Gasteiger partial charge >= 0.3 is 0 Å². The second kappa shape index (κ2) is 6.01. The Kier molecular flexibility index (Phi) is 4.32. The van der Waals surface area contributed by atoms with E-state index < -0.39 is 4.92 Å². The number of hydrogen-bond donors (Lipinski definition) is 1. The molecule has 2 rings (SSSR count). The fraction of sp³-hybridized carbons (Fsp3) is 0.429. The lowest BCUT2D eigenvalue weighted by atomic mass is 10.1. The minimum atomic E-state index is -0.431. The van der Waals surface area contributed by atoms with Crippen molar-refractivity contribution < 1.29 is 10.0 Å². The van der Waals surface area contributed by atoms with Crippen molar-refractivity contribution >= 4 is 5.69 Å². The van der Waals surface area contributed by atoms with Crippen molar-refractivity contribution in [3.8, 4) is 11.4 Å². The Morgan fingerprint density at radius 2 is 2.10 bits per heavy atom. The molecule has 0 unspecified atom stereocenters. The van der Waals surface area contributed by atoms with E-state index in [1.807, 2.05) is 25.3 Å². The van der Waals surface area contributed by atoms with E-state index in [-0.39, 0.29) is 12.3 Å². The largest absolute Gasteiger partial charge is 0.388 e. The lowest BCUT2D eigenvalue weighted by molar-refractivity contribution is -0.384. The monoisotopic (exact) mass is 290 g/mol. The van der Waals surface area contributed by atoms with E-state index in [2.05, 4.69) is 10.2 Å². The highest BCUT2D eigenvalue weighted by molar-refractivity contribution is 5.64. The summed E-state index contributed by atoms with van der Waals surface area (Å²) in [5, 5.41) is 28.4. The van der Waals surface area contributed by atoms with Crippen LogP contribution in [0.25, 0.3) is 11.4 Å². The quantitative estimate of drug-likeness (QED) is 0.673. The van der Waals surface area contributed by atoms with Crippen molar-refractivity contribution in [2.24, 2.45) is 5.92 Å². The van der Waals surface area contributed by atoms with Crippen LogP contribution in [0.2, 0.25) is 0 Å². The third kappa shape index (κ3) is 3.08. The summed E-state index contributed by atoms with van der Waals surface area (Å²) in [6, 6.07) is 4.66. The minimum Gasteiger partial charge on any atom is -0.388 e. The first-order chi connectivity index (χ1) is 9.93. The van der Waals surface area contributed by atoms with Gasteiger partial charge in [-0.15, -0.1) is 10.2 Å². The van der Waals surface area contributed by atoms with Crippen LogP contribution in [0, 0.1) is 23.0 Å². The van der Waals surface area contributed by atoms with Crippen molar-refractivity contribution in [2.75, 3.05) is 0 Å². The molecule has 1 heterocycles. The molecule has 0 fully saturated rings. The predicted molar refractivity (Wildman–Crippen MR) is 77.6 cm³/mol. The highest BCUT2D eigenvalue weighted by Gasteiger charge is 2.18. The van der Waals surface area contributed by atoms with E-state index in [0.29, 0.717) is 29.7 Å². The summed E-state index contributed by atoms with van der Waals surface area (Å²) >= 11 is 0. The summed E-state index contributed by atoms with van der Waals surface area (Å²) in [4.78, 5) is 10.5. The smallest absolute Gasteiger partial charge is 0.270 e. The van der Waals surface area contributed by atoms with Gasteiger partial charge in [0.2, 0.25) is 0 Å². The Balaban J connectivity index is 2.58. The molecular formula is C14H18N4O3. The Hall–Kier alpha value is -2.28. The Morgan fingerprint density at radius 3 is 2.67 bits per heavy atom. The standard InChI is InChI=1S/C14H18N4O3/c1-9(2)7-17-13(8-19)15-16-14(17)12-6-11(18(20)21)5-4-10(12)3/h4-6,9,19H,7-8H2,1-3H3. The highest BCUT2D eigenvalue weighted by atomic mass is 16.6. The summed E-state index contributed by atoms with van der Waals surface area (Å²) in [6.45, 7) is 6.39. The van der Waals surface area contributed by atoms with Crippen LogP contribution < -0.4 is 0 Å². The van der Waals surface area contributed by atoms with Gasteiger partial charge in [-0.3, -0.25) is 10.1 Å². The summed E-state index contributed by atoms with van der Waals surface area (Å²) in [5.41, 5.74) is 1.56. The predicted octanol–water partition coefficient (Wildman–Crippen LogP) is 2.31. The first-order valence-corrected chi connectivity index (χ1v) is 6.72. The Morgan fingerprint density at radius 1 is 1.38 bits per heavy atom. The van der Waals surface area contributed by atoms with E-state index in [1.54, 1.807) is 6.07 Å². The zero-order valence-electron chi connectivity index (χ0n) is 12.3. The van der Waals surface area contributed by atoms with Crippen LogP contribution >= 0.6 is 0 Å². The van der Waals surface area contributed by atoms with Gasteiger partial charge in [0.15, 0.2) is 11.6 Å². The van der Waals surface area contributed by atoms with Gasteiger partial charge in [0.05, 0.1) is 4.92 Å². The second-order valence-electron chi connectivity index (χ2n) is 5.36. The molecule has 7 heteroatoms. The number of aromatic nitrogens is 3. The van der Waals surface area contributed by atoms with Gasteiger partial charge < -0.3 is 9.67 Å². The molecule has 0 amide bonds. The SMILES string of the molecule is Cc1ccc([N+](=O)[O-])cc1-c1nnc(CO)n1CC(C)C. The molecular weight excluding hydrogens is 272 g/mol. The van der Waals surface area contributed by atoms with Crippen molar-refractivity contribution in [1.29, 1.82) is 0 Å². The van der Waals surface area contributed by atoms with Crippen molar-refractivity contribution in [2.45, 2.75) is 33.9 Å². The summed E-state index contributed by atoms with van der Waals surface area (Å²) in [5.74, 6) is 1.35. The van der Waals surface area contributed by atoms with E-state index in [1.165, 1.54) is 12.1 Å². The topological polar surface area (TPSA) is 94.1 Å². The van der Waals surface area contributed by atoms with Crippen molar-refractivity contribution in [3.63, 3.8) is 0 Å². The molecule has 0 aliphatic carbocycles. The average Bonchev–Trinajstić information content (AvgIpc) is 2.81. The first-order valence-electron chi connectivity index (χ1n) is 6.72. The number of hydrogen-bond acceptors (Lipinski definition) is 5. The van der Waals surface area contributed by atoms with Crippen LogP contribution in [0.3, 0.4) is 0 Å². The molecule has 21 heavy (non-hydrogen) atoms. The first kappa shape index (κ1) is 15.1. The normalized spacial score (nSPS) is 11.1. The zero-order valence-corrected chi connectivity index (χ0v) is 12.3. The molecule has 0 spiro atoms.